The van der Waals surface area contributed by atoms with E-state index in [-0.39, 0.29) is 47.9 Å². The summed E-state index contributed by atoms with van der Waals surface area (Å²) < 4.78 is 60.7. The average Bonchev–Trinajstić information content (AvgIpc) is 3.83. The van der Waals surface area contributed by atoms with Crippen LogP contribution in [0.15, 0.2) is 11.6 Å². The number of carbonyl (C=O) groups excluding carboxylic acids is 1. The van der Waals surface area contributed by atoms with Gasteiger partial charge in [0.25, 0.3) is 0 Å². The molecule has 24 heteroatoms. The standard InChI is InChI=1S/C50H78O24/c1-18-7-8-50(66-16-18)19(2)32-27(74-50)10-23-21-6-5-20-9-26(24(54)12-48(20,3)22(21)11-31(56)49(23,32)4)67-45-40(64)37(61)41(30(15-53)70-45)71-47-43(73-46-39(63)36(60)34(58)28(13-51)68-46)42(35(59)29(14-52)69-47)72-44-38(62)33(57)25(55)17-65-44/h11,18-21,23-30,32-47,51-55,57-64H,5-10,12-17H2,1-4H3/t18-,19+,20+,21-,23+,24-,25-,26-,27+,28-,29-,30-,32+,33+,34-,35-,36+,37-,38-,39-,40-,41+,42+,43-,44+,45-,46+,47+,48+,49-,50-/m1/s1. The van der Waals surface area contributed by atoms with E-state index in [2.05, 4.69) is 27.7 Å². The molecule has 74 heavy (non-hydrogen) atoms. The topological polar surface area (TPSA) is 372 Å². The molecule has 0 aromatic carbocycles. The minimum absolute atomic E-state index is 0.0120. The molecule has 3 saturated carbocycles. The van der Waals surface area contributed by atoms with E-state index in [1.807, 2.05) is 6.08 Å². The predicted molar refractivity (Wildman–Crippen MR) is 244 cm³/mol. The Morgan fingerprint density at radius 1 is 0.622 bits per heavy atom. The first-order valence-electron chi connectivity index (χ1n) is 26.5. The molecule has 6 saturated heterocycles. The fourth-order valence-corrected chi connectivity index (χ4v) is 15.0. The first kappa shape index (κ1) is 55.8. The van der Waals surface area contributed by atoms with Crippen LogP contribution in [-0.2, 0) is 52.2 Å². The summed E-state index contributed by atoms with van der Waals surface area (Å²) in [5.41, 5.74) is -0.156. The van der Waals surface area contributed by atoms with Crippen molar-refractivity contribution in [1.29, 1.82) is 0 Å². The zero-order chi connectivity index (χ0) is 53.1. The first-order chi connectivity index (χ1) is 35.1. The van der Waals surface area contributed by atoms with E-state index in [4.69, 9.17) is 47.4 Å². The summed E-state index contributed by atoms with van der Waals surface area (Å²) in [4.78, 5) is 14.6. The highest BCUT2D eigenvalue weighted by atomic mass is 16.8. The highest BCUT2D eigenvalue weighted by molar-refractivity contribution is 5.97. The molecule has 10 aliphatic rings. The number of fused-ring (bicyclic) bond motifs is 7. The van der Waals surface area contributed by atoms with Crippen LogP contribution in [0.25, 0.3) is 0 Å². The molecule has 422 valence electrons. The molecule has 0 aromatic heterocycles. The summed E-state index contributed by atoms with van der Waals surface area (Å²) in [6, 6.07) is 0. The quantitative estimate of drug-likeness (QED) is 0.0873. The van der Waals surface area contributed by atoms with Crippen molar-refractivity contribution in [3.63, 3.8) is 0 Å². The van der Waals surface area contributed by atoms with Gasteiger partial charge in [-0.05, 0) is 73.7 Å². The minimum Gasteiger partial charge on any atom is -0.394 e. The van der Waals surface area contributed by atoms with Crippen molar-refractivity contribution in [1.82, 2.24) is 0 Å². The van der Waals surface area contributed by atoms with Gasteiger partial charge < -0.3 is 114 Å². The number of aliphatic hydroxyl groups is 13. The van der Waals surface area contributed by atoms with Gasteiger partial charge in [0, 0.05) is 23.7 Å². The van der Waals surface area contributed by atoms with Gasteiger partial charge >= 0.3 is 0 Å². The molecule has 0 unspecified atom stereocenters. The van der Waals surface area contributed by atoms with Crippen molar-refractivity contribution < 1.29 is 119 Å². The highest BCUT2D eigenvalue weighted by Crippen LogP contribution is 2.69. The lowest BCUT2D eigenvalue weighted by Gasteiger charge is -2.57. The third-order valence-electron chi connectivity index (χ3n) is 19.3. The van der Waals surface area contributed by atoms with Gasteiger partial charge in [-0.15, -0.1) is 0 Å². The van der Waals surface area contributed by atoms with E-state index in [1.165, 1.54) is 0 Å². The third kappa shape index (κ3) is 9.19. The van der Waals surface area contributed by atoms with E-state index < -0.39 is 172 Å². The number of hydrogen-bond acceptors (Lipinski definition) is 24. The van der Waals surface area contributed by atoms with Crippen LogP contribution < -0.4 is 0 Å². The molecule has 0 radical (unpaired) electrons. The molecule has 0 bridgehead atoms. The molecule has 0 aromatic rings. The summed E-state index contributed by atoms with van der Waals surface area (Å²) in [6.07, 6.45) is -29.9. The second-order valence-electron chi connectivity index (χ2n) is 23.5. The Kier molecular flexibility index (Phi) is 16.0. The van der Waals surface area contributed by atoms with Crippen molar-refractivity contribution in [3.8, 4) is 0 Å². The lowest BCUT2D eigenvalue weighted by molar-refractivity contribution is -0.404. The van der Waals surface area contributed by atoms with Gasteiger partial charge in [-0.2, -0.15) is 0 Å². The van der Waals surface area contributed by atoms with E-state index in [0.29, 0.717) is 18.9 Å². The second-order valence-corrected chi connectivity index (χ2v) is 23.5. The Morgan fingerprint density at radius 3 is 1.93 bits per heavy atom. The summed E-state index contributed by atoms with van der Waals surface area (Å²) in [5, 5.41) is 141. The zero-order valence-corrected chi connectivity index (χ0v) is 42.0. The number of allylic oxidation sites excluding steroid dienone is 2. The smallest absolute Gasteiger partial charge is 0.187 e. The summed E-state index contributed by atoms with van der Waals surface area (Å²) in [6.45, 7) is 6.01. The van der Waals surface area contributed by atoms with Crippen LogP contribution in [0.1, 0.15) is 72.6 Å². The molecule has 31 atom stereocenters. The van der Waals surface area contributed by atoms with Crippen LogP contribution in [0.2, 0.25) is 0 Å². The summed E-state index contributed by atoms with van der Waals surface area (Å²) >= 11 is 0. The van der Waals surface area contributed by atoms with Gasteiger partial charge in [0.1, 0.15) is 91.6 Å². The van der Waals surface area contributed by atoms with Gasteiger partial charge in [-0.25, -0.2) is 0 Å². The molecular weight excluding hydrogens is 985 g/mol. The molecular formula is C50H78O24. The van der Waals surface area contributed by atoms with Crippen molar-refractivity contribution in [2.45, 2.75) is 213 Å². The van der Waals surface area contributed by atoms with Gasteiger partial charge in [0.15, 0.2) is 36.7 Å². The number of hydrogen-bond donors (Lipinski definition) is 13. The van der Waals surface area contributed by atoms with Crippen LogP contribution in [0, 0.1) is 46.3 Å². The second kappa shape index (κ2) is 21.2. The number of ether oxygens (including phenoxy) is 10. The Balaban J connectivity index is 0.843. The Bertz CT molecular complexity index is 2010. The van der Waals surface area contributed by atoms with Crippen LogP contribution in [0.3, 0.4) is 0 Å². The van der Waals surface area contributed by atoms with Gasteiger partial charge in [-0.1, -0.05) is 33.3 Å². The van der Waals surface area contributed by atoms with E-state index >= 15 is 0 Å². The van der Waals surface area contributed by atoms with Gasteiger partial charge in [0.05, 0.1) is 51.3 Å². The molecule has 0 amide bonds. The maximum Gasteiger partial charge on any atom is 0.187 e. The molecule has 6 heterocycles. The maximum atomic E-state index is 14.6. The Labute approximate surface area is 427 Å². The average molecular weight is 1060 g/mol. The molecule has 4 aliphatic carbocycles. The summed E-state index contributed by atoms with van der Waals surface area (Å²) in [5.74, 6) is 0.0351. The number of carbonyl (C=O) groups is 1. The van der Waals surface area contributed by atoms with Crippen LogP contribution in [0.5, 0.6) is 0 Å². The number of aliphatic hydroxyl groups excluding tert-OH is 13. The van der Waals surface area contributed by atoms with Crippen molar-refractivity contribution >= 4 is 5.78 Å². The minimum atomic E-state index is -2.04. The van der Waals surface area contributed by atoms with E-state index in [0.717, 1.165) is 37.7 Å². The van der Waals surface area contributed by atoms with Crippen LogP contribution >= 0.6 is 0 Å². The van der Waals surface area contributed by atoms with Gasteiger partial charge in [0.2, 0.25) is 0 Å². The van der Waals surface area contributed by atoms with Crippen molar-refractivity contribution in [2.75, 3.05) is 33.0 Å². The first-order valence-corrected chi connectivity index (χ1v) is 26.5. The number of ketones is 1. The molecule has 13 N–H and O–H groups in total. The van der Waals surface area contributed by atoms with Gasteiger partial charge in [-0.3, -0.25) is 4.79 Å². The predicted octanol–water partition coefficient (Wildman–Crippen LogP) is -4.20. The molecule has 10 rings (SSSR count). The monoisotopic (exact) mass is 1060 g/mol. The highest BCUT2D eigenvalue weighted by Gasteiger charge is 2.71. The summed E-state index contributed by atoms with van der Waals surface area (Å²) in [7, 11) is 0. The van der Waals surface area contributed by atoms with E-state index in [9.17, 15) is 71.2 Å². The molecule has 1 spiro atoms. The van der Waals surface area contributed by atoms with Crippen molar-refractivity contribution in [3.05, 3.63) is 11.6 Å². The maximum absolute atomic E-state index is 14.6. The Morgan fingerprint density at radius 2 is 1.24 bits per heavy atom. The third-order valence-corrected chi connectivity index (χ3v) is 19.3. The Hall–Kier alpha value is -1.51. The lowest BCUT2D eigenvalue weighted by Crippen LogP contribution is -2.68. The van der Waals surface area contributed by atoms with E-state index in [1.54, 1.807) is 0 Å². The fraction of sp³-hybridized carbons (Fsp3) is 0.940. The number of rotatable bonds is 11. The molecule has 24 nitrogen and oxygen atoms in total. The molecule has 6 aliphatic heterocycles. The zero-order valence-electron chi connectivity index (χ0n) is 42.0. The molecule has 9 fully saturated rings. The van der Waals surface area contributed by atoms with Crippen molar-refractivity contribution in [2.24, 2.45) is 46.3 Å². The SMILES string of the molecule is C[C@@H]1CC[C@@]2(OC1)O[C@H]1C[C@H]3[C@@H]4CC[C@H]5C[C@@H](O[C@@H]6O[C@H](CO)[C@H](O[C@@H]7O[C@H](CO)[C@@H](O)[C@H](O[C@@H]8OC[C@@H](O)[C@H](O)[C@H]8O)[C@H]7O[C@@H]7O[C@H](CO)[C@@H](O)[C@H](O)[C@H]7O)[C@H](O)[C@H]6O)[C@H](O)C[C@]5(C)C4=CC(=O)[C@]3(C)[C@H]1[C@@H]2C. The van der Waals surface area contributed by atoms with Crippen LogP contribution in [-0.4, -0.2) is 246 Å². The lowest BCUT2D eigenvalue weighted by atomic mass is 9.47. The normalized spacial score (nSPS) is 56.6. The largest absolute Gasteiger partial charge is 0.394 e. The van der Waals surface area contributed by atoms with Crippen LogP contribution in [0.4, 0.5) is 0 Å². The fourth-order valence-electron chi connectivity index (χ4n) is 15.0.